The molecule has 2 atom stereocenters. The van der Waals surface area contributed by atoms with Crippen molar-refractivity contribution in [1.82, 2.24) is 19.8 Å². The number of rotatable bonds is 8. The summed E-state index contributed by atoms with van der Waals surface area (Å²) in [6.45, 7) is 9.76. The summed E-state index contributed by atoms with van der Waals surface area (Å²) >= 11 is 0. The highest BCUT2D eigenvalue weighted by molar-refractivity contribution is 7.89. The van der Waals surface area contributed by atoms with Gasteiger partial charge in [0.05, 0.1) is 25.5 Å². The van der Waals surface area contributed by atoms with E-state index >= 15 is 0 Å². The van der Waals surface area contributed by atoms with E-state index in [9.17, 15) is 18.5 Å². The Morgan fingerprint density at radius 3 is 2.49 bits per heavy atom. The molecule has 2 unspecified atom stereocenters. The number of carbonyl (C=O) groups is 1. The Bertz CT molecular complexity index is 1090. The molecule has 2 heterocycles. The second-order valence-corrected chi connectivity index (χ2v) is 12.9. The van der Waals surface area contributed by atoms with Crippen molar-refractivity contribution in [1.29, 1.82) is 5.26 Å². The van der Waals surface area contributed by atoms with Crippen molar-refractivity contribution in [2.75, 3.05) is 52.2 Å². The third-order valence-corrected chi connectivity index (χ3v) is 7.01. The van der Waals surface area contributed by atoms with Crippen molar-refractivity contribution < 1.29 is 17.9 Å². The Labute approximate surface area is 221 Å². The van der Waals surface area contributed by atoms with Crippen molar-refractivity contribution >= 4 is 21.9 Å². The molecule has 10 nitrogen and oxygen atoms in total. The van der Waals surface area contributed by atoms with Gasteiger partial charge in [-0.3, -0.25) is 14.4 Å². The number of hydrogen-bond acceptors (Lipinski definition) is 7. The number of guanidine groups is 1. The standard InChI is InChI=1S/C26H40N6O4S/c1-25(2,3)18-22(28-24(30-37(4,34)35)32-14-16-36-17-15-32)23(33)29-26(19-27)11-13-31(20-26)12-10-21-8-6-5-7-9-21/h5-9,22H,10-18,20H2,1-4H3,(H,28,30)(H,29,33). The van der Waals surface area contributed by atoms with Crippen molar-refractivity contribution in [3.63, 3.8) is 0 Å². The summed E-state index contributed by atoms with van der Waals surface area (Å²) < 4.78 is 32.1. The van der Waals surface area contributed by atoms with Gasteiger partial charge in [0.25, 0.3) is 0 Å². The summed E-state index contributed by atoms with van der Waals surface area (Å²) in [5.41, 5.74) is -0.0400. The van der Waals surface area contributed by atoms with Crippen LogP contribution in [0.15, 0.2) is 35.3 Å². The highest BCUT2D eigenvalue weighted by atomic mass is 32.2. The van der Waals surface area contributed by atoms with E-state index in [4.69, 9.17) is 4.74 Å². The second kappa shape index (κ2) is 12.2. The predicted octanol–water partition coefficient (Wildman–Crippen LogP) is 1.36. The van der Waals surface area contributed by atoms with E-state index in [1.165, 1.54) is 5.56 Å². The molecule has 2 aliphatic heterocycles. The first kappa shape index (κ1) is 28.9. The molecule has 204 valence electrons. The fourth-order valence-corrected chi connectivity index (χ4v) is 5.10. The molecule has 37 heavy (non-hydrogen) atoms. The van der Waals surface area contributed by atoms with Gasteiger partial charge < -0.3 is 15.0 Å². The fraction of sp³-hybridized carbons (Fsp3) is 0.654. The molecule has 2 fully saturated rings. The average Bonchev–Trinajstić information content (AvgIpc) is 3.24. The number of nitrogens with zero attached hydrogens (tertiary/aromatic N) is 4. The van der Waals surface area contributed by atoms with Crippen LogP contribution in [-0.4, -0.2) is 93.9 Å². The molecule has 0 saturated carbocycles. The van der Waals surface area contributed by atoms with Gasteiger partial charge in [0, 0.05) is 32.7 Å². The number of amides is 1. The van der Waals surface area contributed by atoms with Crippen LogP contribution in [0, 0.1) is 16.7 Å². The number of benzene rings is 1. The minimum Gasteiger partial charge on any atom is -0.378 e. The number of nitrogens with one attached hydrogen (secondary N) is 2. The second-order valence-electron chi connectivity index (χ2n) is 11.2. The average molecular weight is 533 g/mol. The third kappa shape index (κ3) is 9.29. The number of sulfonamides is 1. The summed E-state index contributed by atoms with van der Waals surface area (Å²) in [6, 6.07) is 11.7. The molecule has 0 radical (unpaired) electrons. The van der Waals surface area contributed by atoms with E-state index in [0.717, 1.165) is 19.2 Å². The molecular weight excluding hydrogens is 492 g/mol. The topological polar surface area (TPSA) is 127 Å². The number of hydrogen-bond donors (Lipinski definition) is 2. The van der Waals surface area contributed by atoms with Gasteiger partial charge in [-0.05, 0) is 30.2 Å². The number of carbonyl (C=O) groups excluding carboxylic acids is 1. The summed E-state index contributed by atoms with van der Waals surface area (Å²) in [6.07, 6.45) is 2.84. The molecule has 0 bridgehead atoms. The minimum absolute atomic E-state index is 0.136. The lowest BCUT2D eigenvalue weighted by molar-refractivity contribution is -0.124. The zero-order valence-electron chi connectivity index (χ0n) is 22.4. The lowest BCUT2D eigenvalue weighted by Gasteiger charge is -2.32. The third-order valence-electron chi connectivity index (χ3n) is 6.46. The Morgan fingerprint density at radius 1 is 1.22 bits per heavy atom. The monoisotopic (exact) mass is 532 g/mol. The van der Waals surface area contributed by atoms with Crippen LogP contribution >= 0.6 is 0 Å². The lowest BCUT2D eigenvalue weighted by atomic mass is 9.87. The number of likely N-dealkylation sites (tertiary alicyclic amines) is 1. The zero-order valence-corrected chi connectivity index (χ0v) is 23.2. The van der Waals surface area contributed by atoms with Crippen LogP contribution in [0.1, 0.15) is 39.2 Å². The number of morpholine rings is 1. The normalized spacial score (nSPS) is 22.4. The van der Waals surface area contributed by atoms with Crippen molar-refractivity contribution in [2.45, 2.75) is 51.6 Å². The molecule has 11 heteroatoms. The molecule has 0 aliphatic carbocycles. The number of ether oxygens (including phenoxy) is 1. The van der Waals surface area contributed by atoms with Crippen LogP contribution in [-0.2, 0) is 26.0 Å². The molecule has 2 saturated heterocycles. The number of aliphatic imine (C=N–C) groups is 1. The SMILES string of the molecule is CC(C)(C)CC(N=C(NS(C)(=O)=O)N1CCOCC1)C(=O)NC1(C#N)CCN(CCc2ccccc2)C1. The van der Waals surface area contributed by atoms with E-state index in [2.05, 4.69) is 38.1 Å². The Kier molecular flexibility index (Phi) is 9.56. The first-order valence-electron chi connectivity index (χ1n) is 12.8. The molecule has 3 rings (SSSR count). The first-order chi connectivity index (χ1) is 17.4. The maximum absolute atomic E-state index is 13.6. The minimum atomic E-state index is -3.62. The van der Waals surface area contributed by atoms with E-state index in [-0.39, 0.29) is 17.3 Å². The molecule has 1 aromatic rings. The highest BCUT2D eigenvalue weighted by Crippen LogP contribution is 2.26. The summed E-state index contributed by atoms with van der Waals surface area (Å²) in [5.74, 6) is -0.237. The summed E-state index contributed by atoms with van der Waals surface area (Å²) in [4.78, 5) is 22.2. The largest absolute Gasteiger partial charge is 0.378 e. The van der Waals surface area contributed by atoms with Gasteiger partial charge in [-0.15, -0.1) is 0 Å². The van der Waals surface area contributed by atoms with E-state index in [0.29, 0.717) is 52.2 Å². The van der Waals surface area contributed by atoms with Gasteiger partial charge in [0.1, 0.15) is 11.6 Å². The highest BCUT2D eigenvalue weighted by Gasteiger charge is 2.41. The van der Waals surface area contributed by atoms with Gasteiger partial charge >= 0.3 is 0 Å². The first-order valence-corrected chi connectivity index (χ1v) is 14.7. The smallest absolute Gasteiger partial charge is 0.246 e. The number of nitriles is 1. The van der Waals surface area contributed by atoms with Crippen LogP contribution in [0.5, 0.6) is 0 Å². The molecule has 1 aromatic carbocycles. The Morgan fingerprint density at radius 2 is 1.89 bits per heavy atom. The van der Waals surface area contributed by atoms with Gasteiger partial charge in [0.2, 0.25) is 21.9 Å². The summed E-state index contributed by atoms with van der Waals surface area (Å²) in [7, 11) is -3.62. The van der Waals surface area contributed by atoms with Crippen molar-refractivity contribution in [3.8, 4) is 6.07 Å². The predicted molar refractivity (Wildman–Crippen MR) is 143 cm³/mol. The Balaban J connectivity index is 1.77. The van der Waals surface area contributed by atoms with Crippen molar-refractivity contribution in [2.24, 2.45) is 10.4 Å². The molecule has 2 N–H and O–H groups in total. The fourth-order valence-electron chi connectivity index (χ4n) is 4.59. The van der Waals surface area contributed by atoms with E-state index in [1.54, 1.807) is 4.90 Å². The van der Waals surface area contributed by atoms with E-state index < -0.39 is 21.6 Å². The van der Waals surface area contributed by atoms with Gasteiger partial charge in [-0.2, -0.15) is 5.26 Å². The van der Waals surface area contributed by atoms with Crippen LogP contribution < -0.4 is 10.0 Å². The van der Waals surface area contributed by atoms with Gasteiger partial charge in [0.15, 0.2) is 0 Å². The van der Waals surface area contributed by atoms with Gasteiger partial charge in [-0.25, -0.2) is 13.4 Å². The molecule has 0 aromatic heterocycles. The molecule has 1 amide bonds. The van der Waals surface area contributed by atoms with Gasteiger partial charge in [-0.1, -0.05) is 51.1 Å². The van der Waals surface area contributed by atoms with Crippen LogP contribution in [0.4, 0.5) is 0 Å². The quantitative estimate of drug-likeness (QED) is 0.382. The molecular formula is C26H40N6O4S. The Hall–Kier alpha value is -2.68. The maximum Gasteiger partial charge on any atom is 0.246 e. The maximum atomic E-state index is 13.6. The summed E-state index contributed by atoms with van der Waals surface area (Å²) in [5, 5.41) is 13.1. The lowest BCUT2D eigenvalue weighted by Crippen LogP contribution is -2.54. The van der Waals surface area contributed by atoms with E-state index in [1.807, 2.05) is 39.0 Å². The van der Waals surface area contributed by atoms with Crippen LogP contribution in [0.3, 0.4) is 0 Å². The zero-order chi connectivity index (χ0) is 27.1. The van der Waals surface area contributed by atoms with Crippen LogP contribution in [0.25, 0.3) is 0 Å². The van der Waals surface area contributed by atoms with Crippen LogP contribution in [0.2, 0.25) is 0 Å². The molecule has 2 aliphatic rings. The molecule has 0 spiro atoms. The van der Waals surface area contributed by atoms with Crippen molar-refractivity contribution in [3.05, 3.63) is 35.9 Å².